The van der Waals surface area contributed by atoms with E-state index >= 15 is 0 Å². The number of hydrogen-bond acceptors (Lipinski definition) is 2. The molecule has 0 heterocycles. The molecule has 0 spiro atoms. The van der Waals surface area contributed by atoms with Gasteiger partial charge in [-0.3, -0.25) is 4.79 Å². The van der Waals surface area contributed by atoms with Crippen LogP contribution < -0.4 is 5.32 Å². The van der Waals surface area contributed by atoms with Crippen molar-refractivity contribution in [1.82, 2.24) is 5.32 Å². The van der Waals surface area contributed by atoms with Gasteiger partial charge in [0.1, 0.15) is 0 Å². The summed E-state index contributed by atoms with van der Waals surface area (Å²) in [5.74, 6) is -0.476. The van der Waals surface area contributed by atoms with Crippen molar-refractivity contribution in [1.29, 1.82) is 0 Å². The molecule has 0 aliphatic rings. The van der Waals surface area contributed by atoms with Crippen molar-refractivity contribution in [2.75, 3.05) is 0 Å². The van der Waals surface area contributed by atoms with E-state index in [2.05, 4.69) is 26.1 Å². The number of hydrogen-bond donors (Lipinski definition) is 2. The van der Waals surface area contributed by atoms with Gasteiger partial charge in [0.05, 0.1) is 5.92 Å². The van der Waals surface area contributed by atoms with Gasteiger partial charge < -0.3 is 10.4 Å². The first-order valence-electron chi connectivity index (χ1n) is 7.45. The predicted octanol–water partition coefficient (Wildman–Crippen LogP) is 3.79. The van der Waals surface area contributed by atoms with Gasteiger partial charge in [0.15, 0.2) is 0 Å². The van der Waals surface area contributed by atoms with Gasteiger partial charge in [-0.2, -0.15) is 0 Å². The first kappa shape index (κ1) is 16.7. The van der Waals surface area contributed by atoms with E-state index in [4.69, 9.17) is 5.11 Å². The Hall–Kier alpha value is -1.35. The van der Waals surface area contributed by atoms with Crippen LogP contribution in [0.5, 0.6) is 0 Å². The van der Waals surface area contributed by atoms with Gasteiger partial charge in [-0.1, -0.05) is 38.1 Å². The molecule has 2 atom stereocenters. The molecule has 0 fully saturated rings. The third-order valence-corrected chi connectivity index (χ3v) is 3.68. The molecule has 1 rings (SSSR count). The lowest BCUT2D eigenvalue weighted by molar-refractivity contribution is -0.138. The number of rotatable bonds is 8. The number of carbonyl (C=O) groups is 1. The number of aliphatic carboxylic acids is 1. The zero-order valence-corrected chi connectivity index (χ0v) is 13.0. The van der Waals surface area contributed by atoms with Crippen molar-refractivity contribution < 1.29 is 9.90 Å². The summed E-state index contributed by atoms with van der Waals surface area (Å²) >= 11 is 0. The Labute approximate surface area is 122 Å². The van der Waals surface area contributed by atoms with Crippen molar-refractivity contribution in [3.8, 4) is 0 Å². The fourth-order valence-electron chi connectivity index (χ4n) is 2.04. The minimum Gasteiger partial charge on any atom is -0.481 e. The van der Waals surface area contributed by atoms with Crippen LogP contribution in [0.3, 0.4) is 0 Å². The van der Waals surface area contributed by atoms with E-state index in [1.807, 2.05) is 24.3 Å². The van der Waals surface area contributed by atoms with Crippen molar-refractivity contribution in [3.05, 3.63) is 35.4 Å². The molecule has 3 nitrogen and oxygen atoms in total. The Bertz CT molecular complexity index is 412. The predicted molar refractivity (Wildman–Crippen MR) is 82.9 cm³/mol. The smallest absolute Gasteiger partial charge is 0.310 e. The summed E-state index contributed by atoms with van der Waals surface area (Å²) in [5, 5.41) is 12.5. The maximum atomic E-state index is 10.9. The second-order valence-electron chi connectivity index (χ2n) is 6.05. The largest absolute Gasteiger partial charge is 0.481 e. The molecule has 0 saturated carbocycles. The molecule has 2 unspecified atom stereocenters. The minimum absolute atomic E-state index is 0.443. The summed E-state index contributed by atoms with van der Waals surface area (Å²) in [6.07, 6.45) is 2.43. The van der Waals surface area contributed by atoms with Crippen molar-refractivity contribution >= 4 is 5.97 Å². The minimum atomic E-state index is -0.779. The fourth-order valence-corrected chi connectivity index (χ4v) is 2.04. The Balaban J connectivity index is 2.44. The van der Waals surface area contributed by atoms with Crippen molar-refractivity contribution in [2.45, 2.75) is 59.0 Å². The molecule has 0 aliphatic heterocycles. The van der Waals surface area contributed by atoms with Crippen molar-refractivity contribution in [2.24, 2.45) is 5.92 Å². The Morgan fingerprint density at radius 3 is 2.20 bits per heavy atom. The first-order valence-corrected chi connectivity index (χ1v) is 7.45. The van der Waals surface area contributed by atoms with Crippen LogP contribution >= 0.6 is 0 Å². The molecule has 0 aromatic heterocycles. The summed E-state index contributed by atoms with van der Waals surface area (Å²) in [6.45, 7) is 9.25. The molecule has 0 amide bonds. The number of nitrogens with one attached hydrogen (secondary N) is 1. The van der Waals surface area contributed by atoms with Gasteiger partial charge in [-0.15, -0.1) is 0 Å². The Kier molecular flexibility index (Phi) is 6.73. The molecule has 1 aromatic rings. The van der Waals surface area contributed by atoms with Gasteiger partial charge in [0.25, 0.3) is 0 Å². The van der Waals surface area contributed by atoms with Gasteiger partial charge in [-0.05, 0) is 43.7 Å². The van der Waals surface area contributed by atoms with Crippen molar-refractivity contribution in [3.63, 3.8) is 0 Å². The topological polar surface area (TPSA) is 49.3 Å². The van der Waals surface area contributed by atoms with E-state index in [0.29, 0.717) is 6.04 Å². The molecule has 0 radical (unpaired) electrons. The molecule has 3 heteroatoms. The highest BCUT2D eigenvalue weighted by atomic mass is 16.4. The Morgan fingerprint density at radius 2 is 1.70 bits per heavy atom. The fraction of sp³-hybridized carbons (Fsp3) is 0.588. The quantitative estimate of drug-likeness (QED) is 0.760. The molecule has 0 saturated heterocycles. The zero-order chi connectivity index (χ0) is 15.1. The second kappa shape index (κ2) is 8.05. The molecule has 112 valence electrons. The zero-order valence-electron chi connectivity index (χ0n) is 13.0. The highest BCUT2D eigenvalue weighted by molar-refractivity contribution is 5.75. The maximum Gasteiger partial charge on any atom is 0.310 e. The normalized spacial score (nSPS) is 14.2. The van der Waals surface area contributed by atoms with E-state index in [0.717, 1.165) is 18.0 Å². The number of carboxylic acids is 1. The lowest BCUT2D eigenvalue weighted by Crippen LogP contribution is -2.25. The lowest BCUT2D eigenvalue weighted by atomic mass is 10.00. The first-order chi connectivity index (χ1) is 9.40. The monoisotopic (exact) mass is 277 g/mol. The van der Waals surface area contributed by atoms with E-state index in [1.54, 1.807) is 6.92 Å². The number of carboxylic acid groups (broad SMARTS) is 1. The van der Waals surface area contributed by atoms with Crippen LogP contribution in [0.25, 0.3) is 0 Å². The standard InChI is InChI=1S/C17H27NO2/c1-12(2)5-6-13(3)18-11-15-7-9-16(10-8-15)14(4)17(19)20/h7-10,12-14,18H,5-6,11H2,1-4H3,(H,19,20). The third kappa shape index (κ3) is 5.74. The summed E-state index contributed by atoms with van der Waals surface area (Å²) in [7, 11) is 0. The summed E-state index contributed by atoms with van der Waals surface area (Å²) in [6, 6.07) is 8.35. The molecular formula is C17H27NO2. The van der Waals surface area contributed by atoms with Crippen LogP contribution in [0.1, 0.15) is 57.6 Å². The maximum absolute atomic E-state index is 10.9. The average molecular weight is 277 g/mol. The van der Waals surface area contributed by atoms with Gasteiger partial charge in [0, 0.05) is 12.6 Å². The molecule has 0 aliphatic carbocycles. The molecular weight excluding hydrogens is 250 g/mol. The summed E-state index contributed by atoms with van der Waals surface area (Å²) < 4.78 is 0. The van der Waals surface area contributed by atoms with Crippen LogP contribution in [-0.4, -0.2) is 17.1 Å². The van der Waals surface area contributed by atoms with E-state index in [-0.39, 0.29) is 0 Å². The molecule has 1 aromatic carbocycles. The SMILES string of the molecule is CC(C)CCC(C)NCc1ccc(C(C)C(=O)O)cc1. The number of benzene rings is 1. The Morgan fingerprint density at radius 1 is 1.10 bits per heavy atom. The van der Waals surface area contributed by atoms with Gasteiger partial charge in [-0.25, -0.2) is 0 Å². The highest BCUT2D eigenvalue weighted by Crippen LogP contribution is 2.16. The molecule has 2 N–H and O–H groups in total. The van der Waals surface area contributed by atoms with Crippen LogP contribution in [0.4, 0.5) is 0 Å². The summed E-state index contributed by atoms with van der Waals surface area (Å²) in [5.41, 5.74) is 2.05. The average Bonchev–Trinajstić information content (AvgIpc) is 2.42. The van der Waals surface area contributed by atoms with Crippen LogP contribution in [0.15, 0.2) is 24.3 Å². The highest BCUT2D eigenvalue weighted by Gasteiger charge is 2.13. The molecule has 20 heavy (non-hydrogen) atoms. The van der Waals surface area contributed by atoms with Crippen LogP contribution in [-0.2, 0) is 11.3 Å². The lowest BCUT2D eigenvalue weighted by Gasteiger charge is -2.15. The molecule has 0 bridgehead atoms. The van der Waals surface area contributed by atoms with Gasteiger partial charge in [0.2, 0.25) is 0 Å². The third-order valence-electron chi connectivity index (χ3n) is 3.68. The van der Waals surface area contributed by atoms with E-state index in [1.165, 1.54) is 18.4 Å². The van der Waals surface area contributed by atoms with E-state index in [9.17, 15) is 4.79 Å². The van der Waals surface area contributed by atoms with Crippen LogP contribution in [0.2, 0.25) is 0 Å². The van der Waals surface area contributed by atoms with Gasteiger partial charge >= 0.3 is 5.97 Å². The second-order valence-corrected chi connectivity index (χ2v) is 6.05. The van der Waals surface area contributed by atoms with E-state index < -0.39 is 11.9 Å². The summed E-state index contributed by atoms with van der Waals surface area (Å²) in [4.78, 5) is 10.9. The van der Waals surface area contributed by atoms with Crippen LogP contribution in [0, 0.1) is 5.92 Å².